The number of aromatic nitrogens is 1. The summed E-state index contributed by atoms with van der Waals surface area (Å²) in [6.07, 6.45) is 0.424. The van der Waals surface area contributed by atoms with E-state index < -0.39 is 0 Å². The minimum atomic E-state index is -0.305. The van der Waals surface area contributed by atoms with Crippen LogP contribution in [-0.4, -0.2) is 30.2 Å². The van der Waals surface area contributed by atoms with E-state index in [1.807, 2.05) is 20.8 Å². The van der Waals surface area contributed by atoms with Crippen molar-refractivity contribution in [3.05, 3.63) is 39.1 Å². The van der Waals surface area contributed by atoms with Gasteiger partial charge in [-0.2, -0.15) is 0 Å². The molecule has 0 unspecified atom stereocenters. The average molecular weight is 352 g/mol. The number of pyridine rings is 1. The van der Waals surface area contributed by atoms with Crippen molar-refractivity contribution in [3.63, 3.8) is 0 Å². The molecule has 0 fully saturated rings. The summed E-state index contributed by atoms with van der Waals surface area (Å²) in [5.74, 6) is 0.546. The molecule has 0 aliphatic rings. The molecule has 1 aromatic carbocycles. The molecule has 2 aromatic rings. The number of carbonyl (C=O) groups excluding carboxylic acids is 1. The molecular weight excluding hydrogens is 330 g/mol. The fourth-order valence-corrected chi connectivity index (χ4v) is 2.53. The Morgan fingerprint density at radius 2 is 2.00 bits per heavy atom. The SMILES string of the molecule is COc1cc2cc(CCNC(=O)NC(C)(C)C)c(=O)[nH]c2cc1Cl. The van der Waals surface area contributed by atoms with Gasteiger partial charge in [0.15, 0.2) is 0 Å². The zero-order valence-electron chi connectivity index (χ0n) is 14.2. The first kappa shape index (κ1) is 18.1. The van der Waals surface area contributed by atoms with Gasteiger partial charge in [0, 0.05) is 23.0 Å². The van der Waals surface area contributed by atoms with Gasteiger partial charge in [-0.15, -0.1) is 0 Å². The number of fused-ring (bicyclic) bond motifs is 1. The van der Waals surface area contributed by atoms with Crippen molar-refractivity contribution in [2.75, 3.05) is 13.7 Å². The van der Waals surface area contributed by atoms with Crippen molar-refractivity contribution in [3.8, 4) is 5.75 Å². The molecule has 0 saturated carbocycles. The first-order chi connectivity index (χ1) is 11.2. The second-order valence-electron chi connectivity index (χ2n) is 6.58. The van der Waals surface area contributed by atoms with E-state index >= 15 is 0 Å². The molecule has 6 nitrogen and oxygen atoms in total. The molecule has 2 rings (SSSR count). The molecular formula is C17H22ClN3O3. The molecule has 1 aromatic heterocycles. The molecule has 0 radical (unpaired) electrons. The van der Waals surface area contributed by atoms with E-state index in [0.29, 0.717) is 34.8 Å². The second kappa shape index (κ2) is 7.13. The van der Waals surface area contributed by atoms with Crippen molar-refractivity contribution >= 4 is 28.5 Å². The van der Waals surface area contributed by atoms with E-state index in [0.717, 1.165) is 5.39 Å². The van der Waals surface area contributed by atoms with Gasteiger partial charge in [0.2, 0.25) is 0 Å². The first-order valence-electron chi connectivity index (χ1n) is 7.65. The van der Waals surface area contributed by atoms with Crippen molar-refractivity contribution in [2.24, 2.45) is 0 Å². The molecule has 0 aliphatic heterocycles. The predicted molar refractivity (Wildman–Crippen MR) is 96.1 cm³/mol. The number of hydrogen-bond acceptors (Lipinski definition) is 3. The fourth-order valence-electron chi connectivity index (χ4n) is 2.29. The van der Waals surface area contributed by atoms with Crippen LogP contribution in [0.2, 0.25) is 5.02 Å². The summed E-state index contributed by atoms with van der Waals surface area (Å²) in [6.45, 7) is 6.07. The van der Waals surface area contributed by atoms with Gasteiger partial charge in [0.1, 0.15) is 5.75 Å². The fraction of sp³-hybridized carbons (Fsp3) is 0.412. The van der Waals surface area contributed by atoms with Gasteiger partial charge in [-0.25, -0.2) is 4.79 Å². The number of urea groups is 1. The highest BCUT2D eigenvalue weighted by molar-refractivity contribution is 6.32. The average Bonchev–Trinajstić information content (AvgIpc) is 2.45. The van der Waals surface area contributed by atoms with Gasteiger partial charge in [-0.3, -0.25) is 4.79 Å². The van der Waals surface area contributed by atoms with Gasteiger partial charge in [0.25, 0.3) is 5.56 Å². The second-order valence-corrected chi connectivity index (χ2v) is 6.99. The molecule has 0 atom stereocenters. The largest absolute Gasteiger partial charge is 0.495 e. The van der Waals surface area contributed by atoms with Crippen LogP contribution in [0.15, 0.2) is 23.0 Å². The Hall–Kier alpha value is -2.21. The highest BCUT2D eigenvalue weighted by atomic mass is 35.5. The van der Waals surface area contributed by atoms with Crippen LogP contribution < -0.4 is 20.9 Å². The molecule has 3 N–H and O–H groups in total. The summed E-state index contributed by atoms with van der Waals surface area (Å²) in [7, 11) is 1.54. The van der Waals surface area contributed by atoms with E-state index in [4.69, 9.17) is 16.3 Å². The maximum absolute atomic E-state index is 12.1. The van der Waals surface area contributed by atoms with Crippen LogP contribution >= 0.6 is 11.6 Å². The van der Waals surface area contributed by atoms with Crippen LogP contribution in [0.4, 0.5) is 4.79 Å². The Morgan fingerprint density at radius 1 is 1.29 bits per heavy atom. The number of halogens is 1. The van der Waals surface area contributed by atoms with Gasteiger partial charge in [0.05, 0.1) is 17.6 Å². The number of nitrogens with one attached hydrogen (secondary N) is 3. The number of rotatable bonds is 4. The lowest BCUT2D eigenvalue weighted by atomic mass is 10.1. The summed E-state index contributed by atoms with van der Waals surface area (Å²) >= 11 is 6.07. The first-order valence-corrected chi connectivity index (χ1v) is 8.03. The number of ether oxygens (including phenoxy) is 1. The van der Waals surface area contributed by atoms with Gasteiger partial charge in [-0.1, -0.05) is 11.6 Å². The van der Waals surface area contributed by atoms with Crippen LogP contribution in [0.25, 0.3) is 10.9 Å². The highest BCUT2D eigenvalue weighted by Gasteiger charge is 2.13. The van der Waals surface area contributed by atoms with Crippen molar-refractivity contribution in [2.45, 2.75) is 32.7 Å². The molecule has 1 heterocycles. The normalized spacial score (nSPS) is 11.4. The number of carbonyl (C=O) groups is 1. The zero-order chi connectivity index (χ0) is 17.9. The standard InChI is InChI=1S/C17H22ClN3O3/c1-17(2,3)21-16(23)19-6-5-10-7-11-8-14(24-4)12(18)9-13(11)20-15(10)22/h7-9H,5-6H2,1-4H3,(H,20,22)(H2,19,21,23). The predicted octanol–water partition coefficient (Wildman–Crippen LogP) is 2.83. The molecule has 130 valence electrons. The maximum Gasteiger partial charge on any atom is 0.315 e. The molecule has 0 aliphatic carbocycles. The summed E-state index contributed by atoms with van der Waals surface area (Å²) in [6, 6.07) is 4.97. The lowest BCUT2D eigenvalue weighted by Gasteiger charge is -2.20. The van der Waals surface area contributed by atoms with Gasteiger partial charge in [-0.05, 0) is 45.4 Å². The number of methoxy groups -OCH3 is 1. The van der Waals surface area contributed by atoms with Gasteiger partial charge >= 0.3 is 6.03 Å². The number of H-pyrrole nitrogens is 1. The Balaban J connectivity index is 2.12. The quantitative estimate of drug-likeness (QED) is 0.792. The third kappa shape index (κ3) is 4.64. The van der Waals surface area contributed by atoms with E-state index in [2.05, 4.69) is 15.6 Å². The monoisotopic (exact) mass is 351 g/mol. The molecule has 7 heteroatoms. The Morgan fingerprint density at radius 3 is 2.62 bits per heavy atom. The third-order valence-electron chi connectivity index (χ3n) is 3.36. The van der Waals surface area contributed by atoms with Crippen molar-refractivity contribution in [1.29, 1.82) is 0 Å². The van der Waals surface area contributed by atoms with Crippen LogP contribution in [0, 0.1) is 0 Å². The summed E-state index contributed by atoms with van der Waals surface area (Å²) in [5.41, 5.74) is 0.734. The summed E-state index contributed by atoms with van der Waals surface area (Å²) in [5, 5.41) is 6.81. The Bertz CT molecular complexity index is 809. The number of benzene rings is 1. The van der Waals surface area contributed by atoms with Crippen molar-refractivity contribution < 1.29 is 9.53 Å². The smallest absolute Gasteiger partial charge is 0.315 e. The van der Waals surface area contributed by atoms with E-state index in [9.17, 15) is 9.59 Å². The summed E-state index contributed by atoms with van der Waals surface area (Å²) < 4.78 is 5.19. The lowest BCUT2D eigenvalue weighted by molar-refractivity contribution is 0.232. The molecule has 0 saturated heterocycles. The third-order valence-corrected chi connectivity index (χ3v) is 3.66. The van der Waals surface area contributed by atoms with Crippen LogP contribution in [0.3, 0.4) is 0 Å². The van der Waals surface area contributed by atoms with Gasteiger partial charge < -0.3 is 20.4 Å². The van der Waals surface area contributed by atoms with E-state index in [1.54, 1.807) is 18.2 Å². The minimum absolute atomic E-state index is 0.193. The lowest BCUT2D eigenvalue weighted by Crippen LogP contribution is -2.47. The topological polar surface area (TPSA) is 83.2 Å². The molecule has 0 spiro atoms. The van der Waals surface area contributed by atoms with Crippen LogP contribution in [0.1, 0.15) is 26.3 Å². The van der Waals surface area contributed by atoms with E-state index in [1.165, 1.54) is 7.11 Å². The number of hydrogen-bond donors (Lipinski definition) is 3. The molecule has 2 amide bonds. The number of aromatic amines is 1. The summed E-state index contributed by atoms with van der Waals surface area (Å²) in [4.78, 5) is 26.7. The van der Waals surface area contributed by atoms with Crippen LogP contribution in [0.5, 0.6) is 5.75 Å². The Kier molecular flexibility index (Phi) is 5.39. The van der Waals surface area contributed by atoms with Crippen LogP contribution in [-0.2, 0) is 6.42 Å². The molecule has 0 bridgehead atoms. The van der Waals surface area contributed by atoms with E-state index in [-0.39, 0.29) is 17.1 Å². The zero-order valence-corrected chi connectivity index (χ0v) is 15.0. The Labute approximate surface area is 145 Å². The molecule has 24 heavy (non-hydrogen) atoms. The van der Waals surface area contributed by atoms with Crippen molar-refractivity contribution in [1.82, 2.24) is 15.6 Å². The number of amides is 2. The maximum atomic E-state index is 12.1. The minimum Gasteiger partial charge on any atom is -0.495 e. The highest BCUT2D eigenvalue weighted by Crippen LogP contribution is 2.28.